The van der Waals surface area contributed by atoms with Crippen LogP contribution in [0.4, 0.5) is 4.39 Å². The van der Waals surface area contributed by atoms with Gasteiger partial charge in [0, 0.05) is 12.3 Å². The third kappa shape index (κ3) is 2.93. The molecule has 0 aromatic heterocycles. The normalized spacial score (nSPS) is 46.7. The Morgan fingerprint density at radius 1 is 1.15 bits per heavy atom. The van der Waals surface area contributed by atoms with Crippen molar-refractivity contribution in [2.75, 3.05) is 7.18 Å². The largest absolute Gasteiger partial charge is 0.462 e. The van der Waals surface area contributed by atoms with Gasteiger partial charge in [0.2, 0.25) is 0 Å². The molecule has 0 aromatic carbocycles. The van der Waals surface area contributed by atoms with Gasteiger partial charge in [-0.2, -0.15) is 0 Å². The second-order valence-electron chi connectivity index (χ2n) is 9.32. The van der Waals surface area contributed by atoms with E-state index in [9.17, 15) is 14.3 Å². The lowest BCUT2D eigenvalue weighted by molar-refractivity contribution is -0.159. The van der Waals surface area contributed by atoms with Gasteiger partial charge >= 0.3 is 5.97 Å². The summed E-state index contributed by atoms with van der Waals surface area (Å²) in [6.07, 6.45) is 11.4. The van der Waals surface area contributed by atoms with Crippen LogP contribution in [0, 0.1) is 28.6 Å². The van der Waals surface area contributed by atoms with E-state index >= 15 is 0 Å². The molecule has 7 atom stereocenters. The minimum Gasteiger partial charge on any atom is -0.462 e. The summed E-state index contributed by atoms with van der Waals surface area (Å²) in [5.41, 5.74) is 1.87. The van der Waals surface area contributed by atoms with E-state index in [1.165, 1.54) is 44.6 Å². The topological polar surface area (TPSA) is 46.5 Å². The SMILES string of the molecule is CC(=O)OC1CCC2C3C(O)C=C4CCCCC4(C)C3CCC12C.CF. The molecule has 4 rings (SSSR count). The van der Waals surface area contributed by atoms with Crippen LogP contribution in [0.3, 0.4) is 0 Å². The predicted octanol–water partition coefficient (Wildman–Crippen LogP) is 4.83. The van der Waals surface area contributed by atoms with Crippen LogP contribution in [0.2, 0.25) is 0 Å². The molecule has 0 amide bonds. The molecule has 0 aromatic rings. The van der Waals surface area contributed by atoms with Crippen molar-refractivity contribution in [2.45, 2.75) is 84.3 Å². The van der Waals surface area contributed by atoms with E-state index in [0.717, 1.165) is 19.3 Å². The number of carbonyl (C=O) groups is 1. The number of carbonyl (C=O) groups excluding carboxylic acids is 1. The molecule has 26 heavy (non-hydrogen) atoms. The van der Waals surface area contributed by atoms with Crippen LogP contribution in [0.5, 0.6) is 0 Å². The monoisotopic (exact) mass is 366 g/mol. The average Bonchev–Trinajstić information content (AvgIpc) is 2.93. The first-order valence-corrected chi connectivity index (χ1v) is 10.3. The van der Waals surface area contributed by atoms with Gasteiger partial charge in [-0.05, 0) is 68.1 Å². The van der Waals surface area contributed by atoms with Gasteiger partial charge in [-0.3, -0.25) is 9.18 Å². The van der Waals surface area contributed by atoms with Gasteiger partial charge in [0.25, 0.3) is 0 Å². The Morgan fingerprint density at radius 3 is 2.58 bits per heavy atom. The first-order chi connectivity index (χ1) is 12.4. The Morgan fingerprint density at radius 2 is 1.88 bits per heavy atom. The molecule has 3 fully saturated rings. The summed E-state index contributed by atoms with van der Waals surface area (Å²) in [6.45, 7) is 6.29. The molecule has 0 radical (unpaired) electrons. The van der Waals surface area contributed by atoms with Crippen LogP contribution in [-0.4, -0.2) is 30.5 Å². The Kier molecular flexibility index (Phi) is 5.54. The van der Waals surface area contributed by atoms with Crippen LogP contribution in [0.15, 0.2) is 11.6 Å². The quantitative estimate of drug-likeness (QED) is 0.534. The smallest absolute Gasteiger partial charge is 0.302 e. The standard InChI is InChI=1S/C21H32O3.CH3F/c1-13(22)24-18-8-7-15-19-16(9-11-21(15,18)3)20(2)10-5-4-6-14(20)12-17(19)23;1-2/h12,15-19,23H,4-11H2,1-3H3;1H3. The molecule has 0 saturated heterocycles. The van der Waals surface area contributed by atoms with Crippen LogP contribution in [-0.2, 0) is 9.53 Å². The van der Waals surface area contributed by atoms with Crippen molar-refractivity contribution in [3.8, 4) is 0 Å². The lowest BCUT2D eigenvalue weighted by atomic mass is 9.47. The maximum Gasteiger partial charge on any atom is 0.302 e. The lowest BCUT2D eigenvalue weighted by Gasteiger charge is -2.58. The number of ether oxygens (including phenoxy) is 1. The zero-order valence-corrected chi connectivity index (χ0v) is 16.8. The van der Waals surface area contributed by atoms with Crippen molar-refractivity contribution in [3.63, 3.8) is 0 Å². The van der Waals surface area contributed by atoms with Gasteiger partial charge in [0.15, 0.2) is 0 Å². The van der Waals surface area contributed by atoms with E-state index in [2.05, 4.69) is 19.9 Å². The fourth-order valence-corrected chi connectivity index (χ4v) is 7.03. The minimum atomic E-state index is -0.308. The van der Waals surface area contributed by atoms with E-state index in [1.54, 1.807) is 0 Å². The van der Waals surface area contributed by atoms with Crippen molar-refractivity contribution in [3.05, 3.63) is 11.6 Å². The first kappa shape index (κ1) is 19.9. The minimum absolute atomic E-state index is 0.0395. The fraction of sp³-hybridized carbons (Fsp3) is 0.864. The highest BCUT2D eigenvalue weighted by atomic mass is 19.1. The summed E-state index contributed by atoms with van der Waals surface area (Å²) in [4.78, 5) is 11.5. The number of halogens is 1. The Hall–Kier alpha value is -0.900. The number of aliphatic hydroxyl groups is 1. The molecule has 148 valence electrons. The van der Waals surface area contributed by atoms with Crippen LogP contribution in [0.1, 0.15) is 72.1 Å². The highest BCUT2D eigenvalue weighted by molar-refractivity contribution is 5.66. The second-order valence-corrected chi connectivity index (χ2v) is 9.32. The summed E-state index contributed by atoms with van der Waals surface area (Å²) in [5.74, 6) is 1.26. The van der Waals surface area contributed by atoms with Gasteiger partial charge < -0.3 is 9.84 Å². The molecule has 4 aliphatic rings. The number of esters is 1. The predicted molar refractivity (Wildman–Crippen MR) is 100 cm³/mol. The van der Waals surface area contributed by atoms with E-state index in [4.69, 9.17) is 4.74 Å². The number of rotatable bonds is 1. The summed E-state index contributed by atoms with van der Waals surface area (Å²) in [6, 6.07) is 0. The maximum absolute atomic E-state index is 11.5. The van der Waals surface area contributed by atoms with Crippen molar-refractivity contribution in [1.82, 2.24) is 0 Å². The van der Waals surface area contributed by atoms with E-state index in [-0.39, 0.29) is 23.6 Å². The molecule has 0 aliphatic heterocycles. The zero-order valence-electron chi connectivity index (χ0n) is 16.8. The third-order valence-corrected chi connectivity index (χ3v) is 8.26. The number of hydrogen-bond acceptors (Lipinski definition) is 3. The number of allylic oxidation sites excluding steroid dienone is 1. The molecule has 1 N–H and O–H groups in total. The second kappa shape index (κ2) is 7.26. The zero-order chi connectivity index (χ0) is 19.1. The lowest BCUT2D eigenvalue weighted by Crippen LogP contribution is -2.54. The van der Waals surface area contributed by atoms with Crippen LogP contribution in [0.25, 0.3) is 0 Å². The Labute approximate surface area is 157 Å². The van der Waals surface area contributed by atoms with Gasteiger partial charge in [0.1, 0.15) is 6.10 Å². The number of alkyl halides is 1. The van der Waals surface area contributed by atoms with E-state index in [0.29, 0.717) is 30.3 Å². The number of aliphatic hydroxyl groups excluding tert-OH is 1. The molecule has 0 spiro atoms. The molecule has 3 nitrogen and oxygen atoms in total. The van der Waals surface area contributed by atoms with Gasteiger partial charge in [-0.25, -0.2) is 0 Å². The van der Waals surface area contributed by atoms with Crippen LogP contribution >= 0.6 is 0 Å². The van der Waals surface area contributed by atoms with Crippen molar-refractivity contribution in [1.29, 1.82) is 0 Å². The number of fused-ring (bicyclic) bond motifs is 5. The fourth-order valence-electron chi connectivity index (χ4n) is 7.03. The van der Waals surface area contributed by atoms with Gasteiger partial charge in [0.05, 0.1) is 13.3 Å². The average molecular weight is 367 g/mol. The third-order valence-electron chi connectivity index (χ3n) is 8.26. The first-order valence-electron chi connectivity index (χ1n) is 10.3. The highest BCUT2D eigenvalue weighted by Gasteiger charge is 2.61. The molecular formula is C22H35FO3. The molecule has 7 unspecified atom stereocenters. The van der Waals surface area contributed by atoms with E-state index in [1.807, 2.05) is 0 Å². The van der Waals surface area contributed by atoms with Gasteiger partial charge in [-0.1, -0.05) is 31.9 Å². The van der Waals surface area contributed by atoms with Crippen molar-refractivity contribution < 1.29 is 19.0 Å². The molecule has 0 heterocycles. The van der Waals surface area contributed by atoms with Crippen molar-refractivity contribution >= 4 is 5.97 Å². The van der Waals surface area contributed by atoms with E-state index < -0.39 is 0 Å². The Bertz CT molecular complexity index is 574. The maximum atomic E-state index is 11.5. The van der Waals surface area contributed by atoms with Crippen LogP contribution < -0.4 is 0 Å². The summed E-state index contributed by atoms with van der Waals surface area (Å²) >= 11 is 0. The van der Waals surface area contributed by atoms with Gasteiger partial charge in [-0.15, -0.1) is 0 Å². The molecule has 3 saturated carbocycles. The molecule has 4 heteroatoms. The van der Waals surface area contributed by atoms with Crippen molar-refractivity contribution in [2.24, 2.45) is 28.6 Å². The molecule has 4 aliphatic carbocycles. The Balaban J connectivity index is 0.000000948. The highest BCUT2D eigenvalue weighted by Crippen LogP contribution is 2.65. The number of hydrogen-bond donors (Lipinski definition) is 1. The summed E-state index contributed by atoms with van der Waals surface area (Å²) in [5, 5.41) is 11.0. The summed E-state index contributed by atoms with van der Waals surface area (Å²) in [7, 11) is 0.500. The molecule has 0 bridgehead atoms. The summed E-state index contributed by atoms with van der Waals surface area (Å²) < 4.78 is 15.2. The molecular weight excluding hydrogens is 331 g/mol.